The van der Waals surface area contributed by atoms with Crippen LogP contribution in [-0.2, 0) is 0 Å². The summed E-state index contributed by atoms with van der Waals surface area (Å²) in [6.45, 7) is 10.4. The molecule has 1 heteroatoms. The van der Waals surface area contributed by atoms with Gasteiger partial charge in [0.15, 0.2) is 0 Å². The summed E-state index contributed by atoms with van der Waals surface area (Å²) >= 11 is 0. The maximum atomic E-state index is 3.27. The van der Waals surface area contributed by atoms with Crippen molar-refractivity contribution in [2.24, 2.45) is 11.3 Å². The van der Waals surface area contributed by atoms with Crippen molar-refractivity contribution in [3.05, 3.63) is 0 Å². The lowest BCUT2D eigenvalue weighted by atomic mass is 9.74. The van der Waals surface area contributed by atoms with E-state index < -0.39 is 0 Å². The molecule has 2 atom stereocenters. The fourth-order valence-corrected chi connectivity index (χ4v) is 1.54. The van der Waals surface area contributed by atoms with Gasteiger partial charge in [-0.2, -0.15) is 0 Å². The van der Waals surface area contributed by atoms with Gasteiger partial charge in [0, 0.05) is 6.54 Å². The van der Waals surface area contributed by atoms with E-state index in [1.165, 1.54) is 12.8 Å². The second-order valence-corrected chi connectivity index (χ2v) is 3.85. The van der Waals surface area contributed by atoms with Crippen LogP contribution in [0.5, 0.6) is 0 Å². The van der Waals surface area contributed by atoms with E-state index in [4.69, 9.17) is 0 Å². The molecule has 1 N–H and O–H groups in total. The zero-order valence-corrected chi connectivity index (χ0v) is 8.70. The molecule has 0 spiro atoms. The van der Waals surface area contributed by atoms with Crippen molar-refractivity contribution < 1.29 is 0 Å². The molecule has 0 aliphatic rings. The van der Waals surface area contributed by atoms with E-state index in [-0.39, 0.29) is 0 Å². The van der Waals surface area contributed by atoms with Crippen molar-refractivity contribution in [1.82, 2.24) is 5.32 Å². The zero-order valence-electron chi connectivity index (χ0n) is 8.70. The highest BCUT2D eigenvalue weighted by Gasteiger charge is 2.26. The molecule has 0 aliphatic heterocycles. The average Bonchev–Trinajstić information content (AvgIpc) is 2.03. The first-order valence-corrected chi connectivity index (χ1v) is 4.75. The molecule has 0 amide bonds. The summed E-state index contributed by atoms with van der Waals surface area (Å²) in [6, 6.07) is 0. The topological polar surface area (TPSA) is 12.0 Å². The van der Waals surface area contributed by atoms with Crippen LogP contribution in [0.25, 0.3) is 0 Å². The number of nitrogens with one attached hydrogen (secondary N) is 1. The lowest BCUT2D eigenvalue weighted by Crippen LogP contribution is -2.34. The molecular weight excluding hydrogens is 134 g/mol. The minimum Gasteiger partial charge on any atom is -0.319 e. The third-order valence-electron chi connectivity index (χ3n) is 3.19. The molecule has 0 aliphatic carbocycles. The Kier molecular flexibility index (Phi) is 4.74. The summed E-state index contributed by atoms with van der Waals surface area (Å²) in [4.78, 5) is 0. The van der Waals surface area contributed by atoms with Crippen LogP contribution in [0.3, 0.4) is 0 Å². The fourth-order valence-electron chi connectivity index (χ4n) is 1.54. The molecule has 68 valence electrons. The summed E-state index contributed by atoms with van der Waals surface area (Å²) in [5.74, 6) is 0.819. The Labute approximate surface area is 71.6 Å². The molecule has 0 saturated carbocycles. The van der Waals surface area contributed by atoms with Crippen molar-refractivity contribution in [2.75, 3.05) is 13.6 Å². The minimum absolute atomic E-state index is 0.490. The van der Waals surface area contributed by atoms with Crippen molar-refractivity contribution in [3.8, 4) is 0 Å². The highest BCUT2D eigenvalue weighted by Crippen LogP contribution is 2.31. The molecule has 0 heterocycles. The van der Waals surface area contributed by atoms with Crippen LogP contribution in [0.15, 0.2) is 0 Å². The van der Waals surface area contributed by atoms with Crippen LogP contribution in [0.1, 0.15) is 40.5 Å². The van der Waals surface area contributed by atoms with E-state index in [9.17, 15) is 0 Å². The summed E-state index contributed by atoms with van der Waals surface area (Å²) in [6.07, 6.45) is 2.55. The molecule has 0 saturated heterocycles. The first kappa shape index (κ1) is 11.0. The van der Waals surface area contributed by atoms with Crippen molar-refractivity contribution in [3.63, 3.8) is 0 Å². The van der Waals surface area contributed by atoms with Crippen LogP contribution in [0.2, 0.25) is 0 Å². The van der Waals surface area contributed by atoms with Gasteiger partial charge in [-0.15, -0.1) is 0 Å². The average molecular weight is 157 g/mol. The predicted molar refractivity (Wildman–Crippen MR) is 51.8 cm³/mol. The fraction of sp³-hybridized carbons (Fsp3) is 1.00. The molecule has 0 fully saturated rings. The Balaban J connectivity index is 4.07. The molecule has 0 bridgehead atoms. The van der Waals surface area contributed by atoms with Gasteiger partial charge in [0.1, 0.15) is 0 Å². The van der Waals surface area contributed by atoms with E-state index in [0.29, 0.717) is 5.41 Å². The lowest BCUT2D eigenvalue weighted by Gasteiger charge is -2.34. The van der Waals surface area contributed by atoms with Crippen LogP contribution in [-0.4, -0.2) is 13.6 Å². The molecule has 0 radical (unpaired) electrons. The Bertz CT molecular complexity index is 101. The predicted octanol–water partition coefficient (Wildman–Crippen LogP) is 2.67. The molecule has 1 nitrogen and oxygen atoms in total. The van der Waals surface area contributed by atoms with E-state index in [2.05, 4.69) is 33.0 Å². The Morgan fingerprint density at radius 1 is 1.36 bits per heavy atom. The van der Waals surface area contributed by atoms with Gasteiger partial charge in [-0.25, -0.2) is 0 Å². The van der Waals surface area contributed by atoms with Crippen LogP contribution >= 0.6 is 0 Å². The van der Waals surface area contributed by atoms with Gasteiger partial charge in [-0.3, -0.25) is 0 Å². The van der Waals surface area contributed by atoms with Gasteiger partial charge in [0.2, 0.25) is 0 Å². The quantitative estimate of drug-likeness (QED) is 0.647. The van der Waals surface area contributed by atoms with Gasteiger partial charge in [0.05, 0.1) is 0 Å². The molecule has 0 aromatic heterocycles. The van der Waals surface area contributed by atoms with E-state index in [0.717, 1.165) is 12.5 Å². The second-order valence-electron chi connectivity index (χ2n) is 3.85. The van der Waals surface area contributed by atoms with Crippen LogP contribution in [0, 0.1) is 11.3 Å². The largest absolute Gasteiger partial charge is 0.319 e. The van der Waals surface area contributed by atoms with Gasteiger partial charge in [-0.1, -0.05) is 34.1 Å². The third kappa shape index (κ3) is 2.82. The Morgan fingerprint density at radius 2 is 1.91 bits per heavy atom. The minimum atomic E-state index is 0.490. The first-order chi connectivity index (χ1) is 5.10. The SMILES string of the molecule is CCC(C)C(C)(CC)CNC. The lowest BCUT2D eigenvalue weighted by molar-refractivity contribution is 0.184. The van der Waals surface area contributed by atoms with Crippen molar-refractivity contribution >= 4 is 0 Å². The normalized spacial score (nSPS) is 19.4. The molecule has 0 aromatic carbocycles. The van der Waals surface area contributed by atoms with Gasteiger partial charge < -0.3 is 5.32 Å². The van der Waals surface area contributed by atoms with E-state index in [1.807, 2.05) is 7.05 Å². The molecule has 2 unspecified atom stereocenters. The van der Waals surface area contributed by atoms with Gasteiger partial charge in [-0.05, 0) is 24.8 Å². The Morgan fingerprint density at radius 3 is 2.18 bits per heavy atom. The maximum Gasteiger partial charge on any atom is 0.000460 e. The van der Waals surface area contributed by atoms with Crippen molar-refractivity contribution in [1.29, 1.82) is 0 Å². The molecule has 11 heavy (non-hydrogen) atoms. The maximum absolute atomic E-state index is 3.27. The van der Waals surface area contributed by atoms with Gasteiger partial charge in [0.25, 0.3) is 0 Å². The number of rotatable bonds is 5. The molecule has 0 rings (SSSR count). The summed E-state index contributed by atoms with van der Waals surface area (Å²) in [5, 5.41) is 3.27. The zero-order chi connectivity index (χ0) is 8.91. The highest BCUT2D eigenvalue weighted by atomic mass is 14.8. The summed E-state index contributed by atoms with van der Waals surface area (Å²) < 4.78 is 0. The van der Waals surface area contributed by atoms with Gasteiger partial charge >= 0.3 is 0 Å². The number of hydrogen-bond acceptors (Lipinski definition) is 1. The first-order valence-electron chi connectivity index (χ1n) is 4.75. The monoisotopic (exact) mass is 157 g/mol. The highest BCUT2D eigenvalue weighted by molar-refractivity contribution is 4.79. The standard InChI is InChI=1S/C10H23N/c1-6-9(3)10(4,7-2)8-11-5/h9,11H,6-8H2,1-5H3. The molecule has 0 aromatic rings. The van der Waals surface area contributed by atoms with E-state index >= 15 is 0 Å². The second kappa shape index (κ2) is 4.76. The summed E-state index contributed by atoms with van der Waals surface area (Å²) in [7, 11) is 2.04. The molecular formula is C10H23N. The number of hydrogen-bond donors (Lipinski definition) is 1. The van der Waals surface area contributed by atoms with Crippen molar-refractivity contribution in [2.45, 2.75) is 40.5 Å². The Hall–Kier alpha value is -0.0400. The van der Waals surface area contributed by atoms with E-state index in [1.54, 1.807) is 0 Å². The smallest absolute Gasteiger partial charge is 0.000460 e. The van der Waals surface area contributed by atoms with Crippen LogP contribution in [0.4, 0.5) is 0 Å². The summed E-state index contributed by atoms with van der Waals surface area (Å²) in [5.41, 5.74) is 0.490. The third-order valence-corrected chi connectivity index (χ3v) is 3.19. The van der Waals surface area contributed by atoms with Crippen LogP contribution < -0.4 is 5.32 Å².